The number of primary sulfonamides is 1. The van der Waals surface area contributed by atoms with Crippen LogP contribution in [0, 0.1) is 10.1 Å². The number of sulfonamides is 1. The molecule has 4 rings (SSSR count). The molecule has 13 heteroatoms. The molecule has 2 heterocycles. The Morgan fingerprint density at radius 2 is 1.74 bits per heavy atom. The predicted octanol–water partition coefficient (Wildman–Crippen LogP) is 3.01. The zero-order valence-electron chi connectivity index (χ0n) is 17.9. The monoisotopic (exact) mass is 482 g/mol. The topological polar surface area (TPSA) is 172 Å². The molecule has 0 fully saturated rings. The highest BCUT2D eigenvalue weighted by Crippen LogP contribution is 2.39. The summed E-state index contributed by atoms with van der Waals surface area (Å²) in [4.78, 5) is 23.7. The highest BCUT2D eigenvalue weighted by atomic mass is 32.2. The van der Waals surface area contributed by atoms with Gasteiger partial charge in [-0.25, -0.2) is 28.5 Å². The van der Waals surface area contributed by atoms with Crippen molar-refractivity contribution >= 4 is 38.4 Å². The van der Waals surface area contributed by atoms with E-state index in [1.54, 1.807) is 30.3 Å². The maximum atomic E-state index is 12.3. The third-order valence-corrected chi connectivity index (χ3v) is 5.75. The van der Waals surface area contributed by atoms with Crippen molar-refractivity contribution in [2.45, 2.75) is 4.90 Å². The van der Waals surface area contributed by atoms with Gasteiger partial charge in [0.15, 0.2) is 11.5 Å². The predicted molar refractivity (Wildman–Crippen MR) is 124 cm³/mol. The van der Waals surface area contributed by atoms with Gasteiger partial charge in [-0.1, -0.05) is 6.07 Å². The molecule has 0 saturated carbocycles. The van der Waals surface area contributed by atoms with E-state index in [0.717, 1.165) is 6.07 Å². The molecule has 3 N–H and O–H groups in total. The zero-order valence-corrected chi connectivity index (χ0v) is 18.7. The standard InChI is InChI=1S/C21H18N6O6S/c1-32-13-9-12(10-14(11-13)33-2)24-21-19(26-20-15(25-21)5-4-8-23-20)18-16(27(28)29)6-3-7-17(18)34(22,30)31/h3-11H,1-2H3,(H,24,25)(H2,22,30,31). The number of nitrogens with two attached hydrogens (primary N) is 1. The summed E-state index contributed by atoms with van der Waals surface area (Å²) in [6.07, 6.45) is 1.47. The molecule has 174 valence electrons. The van der Waals surface area contributed by atoms with Crippen LogP contribution in [0.1, 0.15) is 0 Å². The minimum atomic E-state index is -4.36. The summed E-state index contributed by atoms with van der Waals surface area (Å²) in [5.41, 5.74) is 0.0361. The van der Waals surface area contributed by atoms with Crippen LogP contribution < -0.4 is 19.9 Å². The van der Waals surface area contributed by atoms with E-state index in [-0.39, 0.29) is 22.7 Å². The van der Waals surface area contributed by atoms with Crippen LogP contribution in [0.4, 0.5) is 17.2 Å². The van der Waals surface area contributed by atoms with Gasteiger partial charge in [0.2, 0.25) is 10.0 Å². The van der Waals surface area contributed by atoms with E-state index in [0.29, 0.717) is 22.7 Å². The molecule has 2 aromatic heterocycles. The van der Waals surface area contributed by atoms with Crippen LogP contribution in [-0.2, 0) is 10.0 Å². The van der Waals surface area contributed by atoms with Crippen molar-refractivity contribution in [3.05, 3.63) is 64.8 Å². The number of anilines is 2. The number of methoxy groups -OCH3 is 2. The molecule has 0 unspecified atom stereocenters. The number of hydrogen-bond donors (Lipinski definition) is 2. The number of ether oxygens (including phenoxy) is 2. The quantitative estimate of drug-likeness (QED) is 0.294. The molecule has 0 radical (unpaired) electrons. The normalized spacial score (nSPS) is 11.3. The lowest BCUT2D eigenvalue weighted by Gasteiger charge is -2.15. The van der Waals surface area contributed by atoms with Crippen LogP contribution in [-0.4, -0.2) is 42.5 Å². The van der Waals surface area contributed by atoms with E-state index < -0.39 is 25.5 Å². The zero-order chi connectivity index (χ0) is 24.5. The largest absolute Gasteiger partial charge is 0.497 e. The summed E-state index contributed by atoms with van der Waals surface area (Å²) < 4.78 is 35.2. The Morgan fingerprint density at radius 3 is 2.35 bits per heavy atom. The molecule has 0 aliphatic heterocycles. The first-order valence-corrected chi connectivity index (χ1v) is 11.2. The van der Waals surface area contributed by atoms with Crippen LogP contribution in [0.25, 0.3) is 22.4 Å². The molecule has 0 saturated heterocycles. The smallest absolute Gasteiger partial charge is 0.280 e. The molecule has 0 spiro atoms. The van der Waals surface area contributed by atoms with Crippen molar-refractivity contribution < 1.29 is 22.8 Å². The van der Waals surface area contributed by atoms with Crippen molar-refractivity contribution in [1.82, 2.24) is 15.0 Å². The molecule has 0 amide bonds. The summed E-state index contributed by atoms with van der Waals surface area (Å²) in [7, 11) is -1.40. The summed E-state index contributed by atoms with van der Waals surface area (Å²) in [5.74, 6) is 0.972. The average Bonchev–Trinajstić information content (AvgIpc) is 2.82. The number of rotatable bonds is 7. The Kier molecular flexibility index (Phi) is 5.96. The SMILES string of the molecule is COc1cc(Nc2nc3cccnc3nc2-c2c([N+](=O)[O-])cccc2S(N)(=O)=O)cc(OC)c1. The van der Waals surface area contributed by atoms with Gasteiger partial charge >= 0.3 is 0 Å². The van der Waals surface area contributed by atoms with Gasteiger partial charge in [-0.05, 0) is 18.2 Å². The van der Waals surface area contributed by atoms with Gasteiger partial charge in [0.05, 0.1) is 24.0 Å². The minimum absolute atomic E-state index is 0.0370. The Labute approximate surface area is 193 Å². The average molecular weight is 482 g/mol. The third-order valence-electron chi connectivity index (χ3n) is 4.80. The summed E-state index contributed by atoms with van der Waals surface area (Å²) in [5, 5.41) is 20.3. The van der Waals surface area contributed by atoms with Crippen molar-refractivity contribution in [1.29, 1.82) is 0 Å². The first kappa shape index (κ1) is 22.8. The molecule has 0 atom stereocenters. The van der Waals surface area contributed by atoms with Crippen LogP contribution in [0.2, 0.25) is 0 Å². The molecular formula is C21H18N6O6S. The van der Waals surface area contributed by atoms with Gasteiger partial charge in [0, 0.05) is 36.1 Å². The van der Waals surface area contributed by atoms with E-state index in [4.69, 9.17) is 14.6 Å². The molecule has 0 bridgehead atoms. The van der Waals surface area contributed by atoms with Gasteiger partial charge in [-0.3, -0.25) is 10.1 Å². The Hall–Kier alpha value is -4.36. The molecule has 0 aliphatic carbocycles. The Bertz CT molecular complexity index is 1500. The van der Waals surface area contributed by atoms with Crippen LogP contribution >= 0.6 is 0 Å². The summed E-state index contributed by atoms with van der Waals surface area (Å²) in [6, 6.07) is 11.8. The number of nitro groups is 1. The fraction of sp³-hybridized carbons (Fsp3) is 0.0952. The summed E-state index contributed by atoms with van der Waals surface area (Å²) >= 11 is 0. The second-order valence-electron chi connectivity index (χ2n) is 6.95. The maximum absolute atomic E-state index is 12.3. The van der Waals surface area contributed by atoms with Gasteiger partial charge < -0.3 is 14.8 Å². The van der Waals surface area contributed by atoms with Gasteiger partial charge in [-0.15, -0.1) is 0 Å². The minimum Gasteiger partial charge on any atom is -0.497 e. The lowest BCUT2D eigenvalue weighted by Crippen LogP contribution is -2.15. The lowest BCUT2D eigenvalue weighted by atomic mass is 10.1. The lowest BCUT2D eigenvalue weighted by molar-refractivity contribution is -0.384. The number of benzene rings is 2. The van der Waals surface area contributed by atoms with E-state index >= 15 is 0 Å². The van der Waals surface area contributed by atoms with Crippen LogP contribution in [0.3, 0.4) is 0 Å². The number of hydrogen-bond acceptors (Lipinski definition) is 10. The van der Waals surface area contributed by atoms with E-state index in [1.807, 2.05) is 0 Å². The van der Waals surface area contributed by atoms with Gasteiger partial charge in [0.1, 0.15) is 28.3 Å². The molecule has 4 aromatic rings. The van der Waals surface area contributed by atoms with Gasteiger partial charge in [-0.2, -0.15) is 0 Å². The highest BCUT2D eigenvalue weighted by Gasteiger charge is 2.29. The third kappa shape index (κ3) is 4.42. The van der Waals surface area contributed by atoms with Crippen LogP contribution in [0.5, 0.6) is 11.5 Å². The molecule has 2 aromatic carbocycles. The number of nitro benzene ring substituents is 1. The highest BCUT2D eigenvalue weighted by molar-refractivity contribution is 7.89. The second-order valence-corrected chi connectivity index (χ2v) is 8.48. The van der Waals surface area contributed by atoms with Crippen molar-refractivity contribution in [3.63, 3.8) is 0 Å². The molecular weight excluding hydrogens is 464 g/mol. The number of nitrogens with one attached hydrogen (secondary N) is 1. The van der Waals surface area contributed by atoms with Crippen molar-refractivity contribution in [2.24, 2.45) is 5.14 Å². The van der Waals surface area contributed by atoms with E-state index in [1.165, 1.54) is 32.5 Å². The number of nitrogens with zero attached hydrogens (tertiary/aromatic N) is 4. The fourth-order valence-electron chi connectivity index (χ4n) is 3.32. The Morgan fingerprint density at radius 1 is 1.03 bits per heavy atom. The van der Waals surface area contributed by atoms with Crippen molar-refractivity contribution in [3.8, 4) is 22.8 Å². The van der Waals surface area contributed by atoms with E-state index in [2.05, 4.69) is 20.3 Å². The first-order chi connectivity index (χ1) is 16.2. The molecule has 0 aliphatic rings. The van der Waals surface area contributed by atoms with E-state index in [9.17, 15) is 18.5 Å². The molecule has 12 nitrogen and oxygen atoms in total. The second kappa shape index (κ2) is 8.88. The maximum Gasteiger partial charge on any atom is 0.280 e. The van der Waals surface area contributed by atoms with Crippen LogP contribution in [0.15, 0.2) is 59.6 Å². The Balaban J connectivity index is 2.04. The number of aromatic nitrogens is 3. The summed E-state index contributed by atoms with van der Waals surface area (Å²) in [6.45, 7) is 0. The number of pyridine rings is 1. The van der Waals surface area contributed by atoms with Gasteiger partial charge in [0.25, 0.3) is 5.69 Å². The fourth-order valence-corrected chi connectivity index (χ4v) is 4.07. The molecule has 34 heavy (non-hydrogen) atoms. The van der Waals surface area contributed by atoms with Crippen molar-refractivity contribution in [2.75, 3.05) is 19.5 Å². The first-order valence-electron chi connectivity index (χ1n) is 9.64. The number of fused-ring (bicyclic) bond motifs is 1.